The number of allylic oxidation sites excluding steroid dienone is 4. The summed E-state index contributed by atoms with van der Waals surface area (Å²) in [6, 6.07) is 40.0. The molecule has 0 radical (unpaired) electrons. The van der Waals surface area contributed by atoms with E-state index in [0.717, 1.165) is 38.9 Å². The predicted molar refractivity (Wildman–Crippen MR) is 190 cm³/mol. The lowest BCUT2D eigenvalue weighted by molar-refractivity contribution is 1.04. The molecule has 5 aromatic carbocycles. The topological polar surface area (TPSA) is 51.6 Å². The molecule has 3 aromatic heterocycles. The molecule has 8 rings (SSSR count). The number of aromatic nitrogens is 4. The molecular formula is C40H26N4S. The summed E-state index contributed by atoms with van der Waals surface area (Å²) in [5.41, 5.74) is 5.56. The van der Waals surface area contributed by atoms with Crippen LogP contribution < -0.4 is 0 Å². The van der Waals surface area contributed by atoms with E-state index < -0.39 is 0 Å². The molecule has 0 aliphatic heterocycles. The van der Waals surface area contributed by atoms with Gasteiger partial charge < -0.3 is 0 Å². The van der Waals surface area contributed by atoms with Crippen LogP contribution in [0.25, 0.3) is 81.5 Å². The van der Waals surface area contributed by atoms with Gasteiger partial charge in [0.25, 0.3) is 0 Å². The second-order valence-electron chi connectivity index (χ2n) is 10.8. The van der Waals surface area contributed by atoms with E-state index in [0.29, 0.717) is 17.5 Å². The molecule has 8 aromatic rings. The molecule has 0 aliphatic rings. The third-order valence-corrected chi connectivity index (χ3v) is 9.19. The van der Waals surface area contributed by atoms with Crippen molar-refractivity contribution in [3.63, 3.8) is 0 Å². The highest BCUT2D eigenvalue weighted by Crippen LogP contribution is 2.40. The van der Waals surface area contributed by atoms with E-state index in [-0.39, 0.29) is 0 Å². The second kappa shape index (κ2) is 11.1. The summed E-state index contributed by atoms with van der Waals surface area (Å²) >= 11 is 1.82. The van der Waals surface area contributed by atoms with Crippen molar-refractivity contribution >= 4 is 58.8 Å². The number of hydrogen-bond donors (Lipinski definition) is 0. The van der Waals surface area contributed by atoms with Crippen LogP contribution in [0.15, 0.2) is 147 Å². The highest BCUT2D eigenvalue weighted by atomic mass is 32.1. The van der Waals surface area contributed by atoms with Crippen molar-refractivity contribution < 1.29 is 0 Å². The highest BCUT2D eigenvalue weighted by molar-refractivity contribution is 7.25. The van der Waals surface area contributed by atoms with Crippen LogP contribution in [-0.2, 0) is 0 Å². The number of thiophene rings is 1. The van der Waals surface area contributed by atoms with Crippen LogP contribution in [0.3, 0.4) is 0 Å². The third kappa shape index (κ3) is 4.71. The van der Waals surface area contributed by atoms with E-state index in [2.05, 4.69) is 98.1 Å². The summed E-state index contributed by atoms with van der Waals surface area (Å²) in [6.07, 6.45) is 5.30. The van der Waals surface area contributed by atoms with Gasteiger partial charge in [-0.3, -0.25) is 0 Å². The van der Waals surface area contributed by atoms with Crippen LogP contribution in [0, 0.1) is 0 Å². The summed E-state index contributed by atoms with van der Waals surface area (Å²) in [5.74, 6) is 1.74. The average molecular weight is 595 g/mol. The van der Waals surface area contributed by atoms with Crippen LogP contribution in [0.2, 0.25) is 0 Å². The number of rotatable bonds is 6. The first-order valence-corrected chi connectivity index (χ1v) is 15.5. The van der Waals surface area contributed by atoms with Gasteiger partial charge in [0, 0.05) is 53.2 Å². The highest BCUT2D eigenvalue weighted by Gasteiger charge is 2.15. The van der Waals surface area contributed by atoms with Crippen molar-refractivity contribution in [2.24, 2.45) is 0 Å². The monoisotopic (exact) mass is 594 g/mol. The molecule has 4 nitrogen and oxygen atoms in total. The zero-order chi connectivity index (χ0) is 30.3. The van der Waals surface area contributed by atoms with E-state index >= 15 is 0 Å². The van der Waals surface area contributed by atoms with E-state index in [1.54, 1.807) is 12.2 Å². The molecule has 0 amide bonds. The van der Waals surface area contributed by atoms with Crippen molar-refractivity contribution in [1.82, 2.24) is 19.9 Å². The van der Waals surface area contributed by atoms with Crippen LogP contribution >= 0.6 is 11.3 Å². The first kappa shape index (κ1) is 26.8. The zero-order valence-corrected chi connectivity index (χ0v) is 25.1. The van der Waals surface area contributed by atoms with E-state index in [1.165, 1.54) is 30.9 Å². The molecule has 0 atom stereocenters. The predicted octanol–water partition coefficient (Wildman–Crippen LogP) is 10.7. The smallest absolute Gasteiger partial charge is 0.164 e. The minimum absolute atomic E-state index is 0.549. The van der Waals surface area contributed by atoms with Crippen molar-refractivity contribution in [3.8, 4) is 34.0 Å². The van der Waals surface area contributed by atoms with E-state index in [9.17, 15) is 0 Å². The first-order valence-electron chi connectivity index (χ1n) is 14.7. The number of pyridine rings is 1. The van der Waals surface area contributed by atoms with Crippen molar-refractivity contribution in [2.75, 3.05) is 0 Å². The minimum atomic E-state index is 0.549. The lowest BCUT2D eigenvalue weighted by Gasteiger charge is -2.12. The summed E-state index contributed by atoms with van der Waals surface area (Å²) in [6.45, 7) is 7.80. The number of hydrogen-bond acceptors (Lipinski definition) is 5. The second-order valence-corrected chi connectivity index (χ2v) is 11.9. The Bertz CT molecular complexity index is 2460. The Morgan fingerprint density at radius 1 is 0.533 bits per heavy atom. The molecule has 3 heterocycles. The molecule has 0 N–H and O–H groups in total. The Morgan fingerprint density at radius 2 is 1.18 bits per heavy atom. The summed E-state index contributed by atoms with van der Waals surface area (Å²) in [5, 5.41) is 6.05. The van der Waals surface area contributed by atoms with Gasteiger partial charge in [0.15, 0.2) is 17.5 Å². The van der Waals surface area contributed by atoms with Gasteiger partial charge in [-0.2, -0.15) is 0 Å². The minimum Gasteiger partial charge on any atom is -0.247 e. The average Bonchev–Trinajstić information content (AvgIpc) is 3.47. The molecule has 0 saturated heterocycles. The Labute approximate surface area is 264 Å². The zero-order valence-electron chi connectivity index (χ0n) is 24.3. The Kier molecular flexibility index (Phi) is 6.59. The first-order chi connectivity index (χ1) is 22.2. The summed E-state index contributed by atoms with van der Waals surface area (Å²) < 4.78 is 2.54. The normalized spacial score (nSPS) is 11.9. The fraction of sp³-hybridized carbons (Fsp3) is 0. The molecule has 0 fully saturated rings. The fourth-order valence-electron chi connectivity index (χ4n) is 5.88. The van der Waals surface area contributed by atoms with E-state index in [1.807, 2.05) is 47.7 Å². The maximum absolute atomic E-state index is 5.26. The lowest BCUT2D eigenvalue weighted by Crippen LogP contribution is -2.02. The molecule has 0 aliphatic carbocycles. The molecule has 212 valence electrons. The van der Waals surface area contributed by atoms with Gasteiger partial charge in [0.05, 0.1) is 11.2 Å². The van der Waals surface area contributed by atoms with Crippen molar-refractivity contribution in [3.05, 3.63) is 152 Å². The molecule has 0 unspecified atom stereocenters. The Hall–Kier alpha value is -5.78. The van der Waals surface area contributed by atoms with Crippen LogP contribution in [-0.4, -0.2) is 19.9 Å². The van der Waals surface area contributed by atoms with Crippen LogP contribution in [0.1, 0.15) is 5.82 Å². The molecule has 45 heavy (non-hydrogen) atoms. The van der Waals surface area contributed by atoms with Gasteiger partial charge in [-0.15, -0.1) is 11.3 Å². The summed E-state index contributed by atoms with van der Waals surface area (Å²) in [4.78, 5) is 19.7. The Balaban J connectivity index is 1.27. The van der Waals surface area contributed by atoms with Crippen molar-refractivity contribution in [1.29, 1.82) is 0 Å². The van der Waals surface area contributed by atoms with Crippen molar-refractivity contribution in [2.45, 2.75) is 0 Å². The molecular weight excluding hydrogens is 569 g/mol. The van der Waals surface area contributed by atoms with Gasteiger partial charge in [-0.05, 0) is 23.6 Å². The Morgan fingerprint density at radius 3 is 1.91 bits per heavy atom. The summed E-state index contributed by atoms with van der Waals surface area (Å²) in [7, 11) is 0. The SMILES string of the molecule is C=C/C=C(\C=C)c1nc(-c2ccccc2)nc(-c2ccc(-c3nc4cc5sc6ccccc6c5cc4c4ccccc34)cc2)n1. The number of benzene rings is 5. The van der Waals surface area contributed by atoms with Gasteiger partial charge in [-0.25, -0.2) is 19.9 Å². The maximum Gasteiger partial charge on any atom is 0.164 e. The molecule has 0 saturated carbocycles. The molecule has 0 spiro atoms. The van der Waals surface area contributed by atoms with E-state index in [4.69, 9.17) is 19.9 Å². The fourth-order valence-corrected chi connectivity index (χ4v) is 7.00. The van der Waals surface area contributed by atoms with Gasteiger partial charge in [0.2, 0.25) is 0 Å². The van der Waals surface area contributed by atoms with Gasteiger partial charge in [-0.1, -0.05) is 128 Å². The largest absolute Gasteiger partial charge is 0.247 e. The maximum atomic E-state index is 5.26. The number of nitrogens with zero attached hydrogens (tertiary/aromatic N) is 4. The molecule has 5 heteroatoms. The number of fused-ring (bicyclic) bond motifs is 6. The third-order valence-electron chi connectivity index (χ3n) is 8.06. The van der Waals surface area contributed by atoms with Crippen LogP contribution in [0.4, 0.5) is 0 Å². The molecule has 0 bridgehead atoms. The van der Waals surface area contributed by atoms with Gasteiger partial charge >= 0.3 is 0 Å². The lowest BCUT2D eigenvalue weighted by atomic mass is 9.98. The van der Waals surface area contributed by atoms with Gasteiger partial charge in [0.1, 0.15) is 0 Å². The quantitative estimate of drug-likeness (QED) is 0.142. The van der Waals surface area contributed by atoms with Crippen LogP contribution in [0.5, 0.6) is 0 Å². The standard InChI is InChI=1S/C40H26N4S/c1-3-12-25(4-2)38-42-39(27-13-6-5-7-14-27)44-40(43-38)28-21-19-26(20-22-28)37-31-17-9-8-15-29(31)32-23-33-30-16-10-11-18-35(30)45-36(33)24-34(32)41-37/h3-24H,1-2H2/b25-12+.